The number of aliphatic hydroxyl groups is 3. The molecule has 0 radical (unpaired) electrons. The molecule has 0 fully saturated rings. The molecule has 3 N–H and O–H groups in total. The number of carbonyl (C=O) groups is 2. The summed E-state index contributed by atoms with van der Waals surface area (Å²) in [6, 6.07) is 0. The van der Waals surface area contributed by atoms with Gasteiger partial charge in [-0.1, -0.05) is 50.7 Å². The number of carbonyl (C=O) groups excluding carboxylic acids is 2. The Balaban J connectivity index is 3.61. The van der Waals surface area contributed by atoms with Gasteiger partial charge >= 0.3 is 11.9 Å². The summed E-state index contributed by atoms with van der Waals surface area (Å²) in [6.07, 6.45) is 17.3. The Morgan fingerprint density at radius 2 is 1.13 bits per heavy atom. The molecule has 1 unspecified atom stereocenters. The SMILES string of the molecule is O=C(C=CCCCCCCCO)OCCC(O)COC(=O)C=CCCCCCCCO. The third-order valence-corrected chi connectivity index (χ3v) is 4.68. The molecule has 0 bridgehead atoms. The van der Waals surface area contributed by atoms with Crippen LogP contribution in [0.1, 0.15) is 83.5 Å². The first kappa shape index (κ1) is 29.3. The van der Waals surface area contributed by atoms with Crippen molar-refractivity contribution in [1.29, 1.82) is 0 Å². The van der Waals surface area contributed by atoms with Gasteiger partial charge in [-0.15, -0.1) is 0 Å². The molecule has 31 heavy (non-hydrogen) atoms. The molecule has 0 aromatic rings. The van der Waals surface area contributed by atoms with Crippen LogP contribution in [-0.4, -0.2) is 59.8 Å². The van der Waals surface area contributed by atoms with Gasteiger partial charge in [0.05, 0.1) is 12.7 Å². The lowest BCUT2D eigenvalue weighted by Gasteiger charge is -2.10. The van der Waals surface area contributed by atoms with E-state index in [0.717, 1.165) is 77.0 Å². The highest BCUT2D eigenvalue weighted by molar-refractivity contribution is 5.82. The van der Waals surface area contributed by atoms with E-state index in [1.54, 1.807) is 12.2 Å². The second-order valence-electron chi connectivity index (χ2n) is 7.60. The number of hydrogen-bond donors (Lipinski definition) is 3. The topological polar surface area (TPSA) is 113 Å². The van der Waals surface area contributed by atoms with Crippen molar-refractivity contribution in [2.45, 2.75) is 89.6 Å². The van der Waals surface area contributed by atoms with Crippen LogP contribution in [-0.2, 0) is 19.1 Å². The van der Waals surface area contributed by atoms with Gasteiger partial charge in [-0.05, 0) is 38.5 Å². The minimum atomic E-state index is -0.875. The summed E-state index contributed by atoms with van der Waals surface area (Å²) in [7, 11) is 0. The van der Waals surface area contributed by atoms with E-state index in [-0.39, 0.29) is 32.8 Å². The van der Waals surface area contributed by atoms with Crippen LogP contribution < -0.4 is 0 Å². The number of allylic oxidation sites excluding steroid dienone is 2. The fourth-order valence-corrected chi connectivity index (χ4v) is 2.82. The van der Waals surface area contributed by atoms with Crippen LogP contribution >= 0.6 is 0 Å². The Morgan fingerprint density at radius 3 is 1.65 bits per heavy atom. The fourth-order valence-electron chi connectivity index (χ4n) is 2.82. The molecule has 0 rings (SSSR count). The molecule has 0 aromatic carbocycles. The standard InChI is InChI=1S/C24H42O7/c25-18-13-9-5-1-3-7-11-15-23(28)30-20-17-22(27)21-31-24(29)16-12-8-4-2-6-10-14-19-26/h11-12,15-16,22,25-27H,1-10,13-14,17-21H2. The molecular formula is C24H42O7. The first-order valence-electron chi connectivity index (χ1n) is 11.7. The van der Waals surface area contributed by atoms with Gasteiger partial charge in [0, 0.05) is 31.8 Å². The Labute approximate surface area is 187 Å². The Morgan fingerprint density at radius 1 is 0.677 bits per heavy atom. The number of unbranched alkanes of at least 4 members (excludes halogenated alkanes) is 10. The van der Waals surface area contributed by atoms with E-state index < -0.39 is 18.0 Å². The van der Waals surface area contributed by atoms with Crippen LogP contribution in [0.3, 0.4) is 0 Å². The predicted molar refractivity (Wildman–Crippen MR) is 120 cm³/mol. The van der Waals surface area contributed by atoms with Crippen LogP contribution in [0, 0.1) is 0 Å². The van der Waals surface area contributed by atoms with E-state index in [9.17, 15) is 14.7 Å². The second-order valence-corrected chi connectivity index (χ2v) is 7.60. The highest BCUT2D eigenvalue weighted by Gasteiger charge is 2.08. The summed E-state index contributed by atoms with van der Waals surface area (Å²) >= 11 is 0. The van der Waals surface area contributed by atoms with E-state index in [1.165, 1.54) is 12.2 Å². The number of ether oxygens (including phenoxy) is 2. The van der Waals surface area contributed by atoms with Crippen molar-refractivity contribution in [1.82, 2.24) is 0 Å². The Hall–Kier alpha value is -1.70. The summed E-state index contributed by atoms with van der Waals surface area (Å²) < 4.78 is 10.0. The molecule has 0 aliphatic heterocycles. The lowest BCUT2D eigenvalue weighted by atomic mass is 10.1. The average molecular weight is 443 g/mol. The molecule has 7 nitrogen and oxygen atoms in total. The molecule has 1 atom stereocenters. The second kappa shape index (κ2) is 23.0. The largest absolute Gasteiger partial charge is 0.462 e. The highest BCUT2D eigenvalue weighted by atomic mass is 16.5. The van der Waals surface area contributed by atoms with E-state index in [2.05, 4.69) is 0 Å². The van der Waals surface area contributed by atoms with Crippen molar-refractivity contribution in [2.24, 2.45) is 0 Å². The summed E-state index contributed by atoms with van der Waals surface area (Å²) in [5, 5.41) is 27.2. The van der Waals surface area contributed by atoms with Crippen molar-refractivity contribution < 1.29 is 34.4 Å². The molecule has 0 spiro atoms. The molecule has 0 heterocycles. The molecule has 0 saturated heterocycles. The van der Waals surface area contributed by atoms with E-state index >= 15 is 0 Å². The van der Waals surface area contributed by atoms with Crippen molar-refractivity contribution in [3.05, 3.63) is 24.3 Å². The van der Waals surface area contributed by atoms with Crippen LogP contribution in [0.5, 0.6) is 0 Å². The van der Waals surface area contributed by atoms with Gasteiger partial charge < -0.3 is 24.8 Å². The maximum atomic E-state index is 11.6. The Bertz CT molecular complexity index is 488. The summed E-state index contributed by atoms with van der Waals surface area (Å²) in [6.45, 7) is 0.418. The number of rotatable bonds is 21. The van der Waals surface area contributed by atoms with Crippen molar-refractivity contribution >= 4 is 11.9 Å². The monoisotopic (exact) mass is 442 g/mol. The van der Waals surface area contributed by atoms with Gasteiger partial charge in [0.2, 0.25) is 0 Å². The normalized spacial score (nSPS) is 12.5. The third kappa shape index (κ3) is 22.8. The summed E-state index contributed by atoms with van der Waals surface area (Å²) in [4.78, 5) is 23.2. The zero-order valence-electron chi connectivity index (χ0n) is 18.9. The van der Waals surface area contributed by atoms with Crippen LogP contribution in [0.4, 0.5) is 0 Å². The van der Waals surface area contributed by atoms with Crippen LogP contribution in [0.25, 0.3) is 0 Å². The lowest BCUT2D eigenvalue weighted by molar-refractivity contribution is -0.143. The van der Waals surface area contributed by atoms with Gasteiger partial charge in [0.25, 0.3) is 0 Å². The molecule has 0 aliphatic rings. The first-order valence-corrected chi connectivity index (χ1v) is 11.7. The van der Waals surface area contributed by atoms with Crippen molar-refractivity contribution in [3.63, 3.8) is 0 Å². The molecule has 7 heteroatoms. The average Bonchev–Trinajstić information content (AvgIpc) is 2.76. The van der Waals surface area contributed by atoms with E-state index in [0.29, 0.717) is 0 Å². The fraction of sp³-hybridized carbons (Fsp3) is 0.750. The van der Waals surface area contributed by atoms with Crippen LogP contribution in [0.15, 0.2) is 24.3 Å². The van der Waals surface area contributed by atoms with Crippen molar-refractivity contribution in [2.75, 3.05) is 26.4 Å². The molecule has 180 valence electrons. The minimum absolute atomic E-state index is 0.0647. The first-order chi connectivity index (χ1) is 15.1. The summed E-state index contributed by atoms with van der Waals surface area (Å²) in [5.74, 6) is -0.931. The molecule has 0 amide bonds. The predicted octanol–water partition coefficient (Wildman–Crippen LogP) is 3.60. The van der Waals surface area contributed by atoms with Crippen molar-refractivity contribution in [3.8, 4) is 0 Å². The number of esters is 2. The number of aliphatic hydroxyl groups excluding tert-OH is 3. The number of hydrogen-bond acceptors (Lipinski definition) is 7. The van der Waals surface area contributed by atoms with Gasteiger partial charge in [-0.2, -0.15) is 0 Å². The Kier molecular flexibility index (Phi) is 21.7. The summed E-state index contributed by atoms with van der Waals surface area (Å²) in [5.41, 5.74) is 0. The van der Waals surface area contributed by atoms with E-state index in [4.69, 9.17) is 19.7 Å². The maximum absolute atomic E-state index is 11.6. The van der Waals surface area contributed by atoms with E-state index in [1.807, 2.05) is 0 Å². The zero-order valence-corrected chi connectivity index (χ0v) is 18.9. The highest BCUT2D eigenvalue weighted by Crippen LogP contribution is 2.06. The van der Waals surface area contributed by atoms with Gasteiger partial charge in [0.1, 0.15) is 6.61 Å². The smallest absolute Gasteiger partial charge is 0.330 e. The lowest BCUT2D eigenvalue weighted by Crippen LogP contribution is -2.20. The molecule has 0 saturated carbocycles. The third-order valence-electron chi connectivity index (χ3n) is 4.68. The quantitative estimate of drug-likeness (QED) is 0.141. The van der Waals surface area contributed by atoms with Gasteiger partial charge in [-0.3, -0.25) is 0 Å². The molecular weight excluding hydrogens is 400 g/mol. The molecule has 0 aromatic heterocycles. The minimum Gasteiger partial charge on any atom is -0.462 e. The van der Waals surface area contributed by atoms with Gasteiger partial charge in [-0.25, -0.2) is 9.59 Å². The maximum Gasteiger partial charge on any atom is 0.330 e. The van der Waals surface area contributed by atoms with Crippen LogP contribution in [0.2, 0.25) is 0 Å². The zero-order chi connectivity index (χ0) is 23.0. The van der Waals surface area contributed by atoms with Gasteiger partial charge in [0.15, 0.2) is 0 Å². The molecule has 0 aliphatic carbocycles.